The first-order chi connectivity index (χ1) is 49.6. The molecule has 4 amide bonds. The fourth-order valence-electron chi connectivity index (χ4n) is 11.1. The molecule has 0 aliphatic heterocycles. The molecule has 102 heavy (non-hydrogen) atoms. The third kappa shape index (κ3) is 30.1. The molecule has 8 aromatic rings. The van der Waals surface area contributed by atoms with Gasteiger partial charge in [-0.15, -0.1) is 0 Å². The van der Waals surface area contributed by atoms with Crippen molar-refractivity contribution in [1.82, 2.24) is 21.3 Å². The number of nitrogens with one attached hydrogen (secondary N) is 4. The van der Waals surface area contributed by atoms with E-state index in [1.165, 1.54) is 43.2 Å². The Morgan fingerprint density at radius 1 is 0.255 bits per heavy atom. The van der Waals surface area contributed by atoms with Crippen LogP contribution in [0.3, 0.4) is 0 Å². The number of carbonyl (C=O) groups is 8. The van der Waals surface area contributed by atoms with Gasteiger partial charge in [-0.1, -0.05) is 202 Å². The predicted octanol–water partition coefficient (Wildman–Crippen LogP) is 17.5. The van der Waals surface area contributed by atoms with Crippen LogP contribution in [0.4, 0.5) is 11.4 Å². The van der Waals surface area contributed by atoms with E-state index in [1.807, 2.05) is 244 Å². The Morgan fingerprint density at radius 3 is 0.706 bits per heavy atom. The second-order valence-electron chi connectivity index (χ2n) is 25.5. The van der Waals surface area contributed by atoms with Crippen LogP contribution in [0, 0.1) is 0 Å². The molecule has 4 N–H and O–H groups in total. The summed E-state index contributed by atoms with van der Waals surface area (Å²) in [6.07, 6.45) is 13.9. The van der Waals surface area contributed by atoms with E-state index in [1.54, 1.807) is 0 Å². The highest BCUT2D eigenvalue weighted by molar-refractivity contribution is 8.77. The number of hydrogen-bond acceptors (Lipinski definition) is 14. The fraction of sp³-hybridized carbons (Fsp3) is 0.333. The summed E-state index contributed by atoms with van der Waals surface area (Å²) in [4.78, 5) is 109. The van der Waals surface area contributed by atoms with Crippen LogP contribution in [0.2, 0.25) is 0 Å². The normalized spacial score (nSPS) is 10.8. The molecule has 18 heteroatoms. The van der Waals surface area contributed by atoms with E-state index in [0.29, 0.717) is 99.8 Å². The summed E-state index contributed by atoms with van der Waals surface area (Å²) in [5.74, 6) is 0.415. The molecule has 8 rings (SSSR count). The molecule has 0 atom stereocenters. The van der Waals surface area contributed by atoms with E-state index >= 15 is 0 Å². The summed E-state index contributed by atoms with van der Waals surface area (Å²) >= 11 is 0. The van der Waals surface area contributed by atoms with Crippen molar-refractivity contribution < 1.29 is 38.4 Å². The van der Waals surface area contributed by atoms with Crippen molar-refractivity contribution in [2.75, 3.05) is 64.2 Å². The summed E-state index contributed by atoms with van der Waals surface area (Å²) in [6.45, 7) is 2.17. The topological polar surface area (TPSA) is 191 Å². The molecule has 0 aromatic heterocycles. The largest absolute Gasteiger partial charge is 0.378 e. The summed E-state index contributed by atoms with van der Waals surface area (Å²) in [7, 11) is 13.8. The SMILES string of the molecule is CN(C)c1ccc(CC(=O)CCCCCNC(=O)c2ccccc2SSc2ccccc2C(=O)NCCCCCC(=O)Cc2ccc(N(C)C)cc2)cc1.O=C(CCCCCNC(=O)c1ccccc1SSc1ccccc1C(=O)NCCCCCC(=O)Cc1ccccc1)Cc1ccccc1. The number of rotatable bonds is 44. The van der Waals surface area contributed by atoms with Crippen LogP contribution in [0.5, 0.6) is 0 Å². The zero-order valence-electron chi connectivity index (χ0n) is 59.4. The molecule has 0 fully saturated rings. The lowest BCUT2D eigenvalue weighted by Gasteiger charge is -2.12. The highest BCUT2D eigenvalue weighted by Gasteiger charge is 2.19. The molecule has 0 unspecified atom stereocenters. The first-order valence-electron chi connectivity index (χ1n) is 35.4. The van der Waals surface area contributed by atoms with Crippen LogP contribution < -0.4 is 31.1 Å². The number of carbonyl (C=O) groups excluding carboxylic acids is 8. The van der Waals surface area contributed by atoms with Crippen molar-refractivity contribution in [3.63, 3.8) is 0 Å². The summed E-state index contributed by atoms with van der Waals surface area (Å²) in [5, 5.41) is 12.1. The number of amides is 4. The molecular weight excluding hydrogens is 1350 g/mol. The Hall–Kier alpha value is -8.68. The molecule has 0 bridgehead atoms. The van der Waals surface area contributed by atoms with Crippen molar-refractivity contribution >= 4 is 101 Å². The first kappa shape index (κ1) is 80.6. The van der Waals surface area contributed by atoms with Gasteiger partial charge in [0.25, 0.3) is 23.6 Å². The zero-order chi connectivity index (χ0) is 72.5. The average Bonchev–Trinajstić information content (AvgIpc) is 0.851. The number of unbranched alkanes of at least 4 members (excludes halogenated alkanes) is 8. The van der Waals surface area contributed by atoms with Gasteiger partial charge < -0.3 is 31.1 Å². The van der Waals surface area contributed by atoms with Gasteiger partial charge in [0.05, 0.1) is 22.3 Å². The summed E-state index contributed by atoms with van der Waals surface area (Å²) < 4.78 is 0. The van der Waals surface area contributed by atoms with Crippen LogP contribution in [0.25, 0.3) is 0 Å². The quantitative estimate of drug-likeness (QED) is 0.0208. The second kappa shape index (κ2) is 46.0. The monoisotopic (exact) mass is 1450 g/mol. The van der Waals surface area contributed by atoms with Crippen molar-refractivity contribution in [2.45, 2.75) is 148 Å². The maximum Gasteiger partial charge on any atom is 0.252 e. The zero-order valence-corrected chi connectivity index (χ0v) is 62.7. The van der Waals surface area contributed by atoms with Gasteiger partial charge in [-0.05, 0) is 146 Å². The van der Waals surface area contributed by atoms with Gasteiger partial charge in [-0.25, -0.2) is 0 Å². The van der Waals surface area contributed by atoms with Crippen molar-refractivity contribution in [2.24, 2.45) is 0 Å². The van der Waals surface area contributed by atoms with Crippen LogP contribution >= 0.6 is 43.2 Å². The fourth-order valence-corrected chi connectivity index (χ4v) is 15.8. The van der Waals surface area contributed by atoms with E-state index in [4.69, 9.17) is 0 Å². The minimum atomic E-state index is -0.137. The summed E-state index contributed by atoms with van der Waals surface area (Å²) in [6, 6.07) is 65.7. The lowest BCUT2D eigenvalue weighted by Crippen LogP contribution is -2.25. The third-order valence-corrected chi connectivity index (χ3v) is 21.8. The van der Waals surface area contributed by atoms with Crippen LogP contribution in [-0.4, -0.2) is 101 Å². The van der Waals surface area contributed by atoms with Gasteiger partial charge in [-0.2, -0.15) is 0 Å². The average molecular weight is 1450 g/mol. The number of hydrogen-bond donors (Lipinski definition) is 4. The Labute approximate surface area is 619 Å². The molecule has 0 spiro atoms. The van der Waals surface area contributed by atoms with Crippen molar-refractivity contribution in [1.29, 1.82) is 0 Å². The minimum Gasteiger partial charge on any atom is -0.378 e. The number of benzene rings is 8. The highest BCUT2D eigenvalue weighted by Crippen LogP contribution is 2.42. The number of Topliss-reactive ketones (excluding diaryl/α,β-unsaturated/α-hetero) is 4. The smallest absolute Gasteiger partial charge is 0.252 e. The van der Waals surface area contributed by atoms with E-state index in [0.717, 1.165) is 130 Å². The van der Waals surface area contributed by atoms with Gasteiger partial charge in [0.1, 0.15) is 23.1 Å². The van der Waals surface area contributed by atoms with Gasteiger partial charge in [0.15, 0.2) is 0 Å². The standard InChI is InChI=1S/C44H54N4O4S2.C40H44N2O4S2/c1-47(2)35-25-21-33(22-26-35)31-37(49)15-7-5-13-29-45-43(51)39-17-9-11-19-41(39)53-54-42-20-12-10-18-40(42)44(52)46-30-14-6-8-16-38(50)32-34-23-27-36(28-24-34)48(3)4;43-33(29-31-17-5-1-6-18-31)21-9-3-15-27-41-39(45)35-23-11-13-25-37(35)47-48-38-26-14-12-24-36(38)40(46)42-28-16-4-10-22-34(44)30-32-19-7-2-8-20-32/h9-12,17-28H,5-8,13-16,29-32H2,1-4H3,(H,45,51)(H,46,52);1-2,5-8,11-14,17-20,23-26H,3-4,9-10,15-16,21-22,27-30H2,(H,41,45)(H,42,46). The first-order valence-corrected chi connectivity index (χ1v) is 39.7. The molecule has 0 heterocycles. The van der Waals surface area contributed by atoms with Crippen molar-refractivity contribution in [3.05, 3.63) is 251 Å². The molecule has 0 saturated heterocycles. The van der Waals surface area contributed by atoms with E-state index in [-0.39, 0.29) is 46.8 Å². The molecule has 0 aliphatic rings. The van der Waals surface area contributed by atoms with Gasteiger partial charge >= 0.3 is 0 Å². The van der Waals surface area contributed by atoms with Gasteiger partial charge in [0.2, 0.25) is 0 Å². The number of nitrogens with zero attached hydrogens (tertiary/aromatic N) is 2. The van der Waals surface area contributed by atoms with Crippen molar-refractivity contribution in [3.8, 4) is 0 Å². The van der Waals surface area contributed by atoms with E-state index in [9.17, 15) is 38.4 Å². The Balaban J connectivity index is 0.000000288. The second-order valence-corrected chi connectivity index (χ2v) is 30.0. The lowest BCUT2D eigenvalue weighted by atomic mass is 10.0. The maximum atomic E-state index is 13.1. The molecule has 8 aromatic carbocycles. The molecule has 536 valence electrons. The highest BCUT2D eigenvalue weighted by atomic mass is 33.1. The Bertz CT molecular complexity index is 3680. The lowest BCUT2D eigenvalue weighted by molar-refractivity contribution is -0.119. The third-order valence-electron chi connectivity index (χ3n) is 16.8. The summed E-state index contributed by atoms with van der Waals surface area (Å²) in [5.41, 5.74) is 8.75. The molecule has 0 radical (unpaired) electrons. The van der Waals surface area contributed by atoms with Crippen LogP contribution in [-0.2, 0) is 44.9 Å². The Kier molecular flexibility index (Phi) is 36.4. The van der Waals surface area contributed by atoms with Gasteiger partial charge in [0, 0.05) is 137 Å². The van der Waals surface area contributed by atoms with Crippen LogP contribution in [0.15, 0.2) is 226 Å². The van der Waals surface area contributed by atoms with Gasteiger partial charge in [-0.3, -0.25) is 38.4 Å². The predicted molar refractivity (Wildman–Crippen MR) is 422 cm³/mol. The molecule has 14 nitrogen and oxygen atoms in total. The number of ketones is 4. The van der Waals surface area contributed by atoms with E-state index in [2.05, 4.69) is 21.3 Å². The van der Waals surface area contributed by atoms with Crippen LogP contribution in [0.1, 0.15) is 166 Å². The number of anilines is 2. The maximum absolute atomic E-state index is 13.1. The van der Waals surface area contributed by atoms with E-state index < -0.39 is 0 Å². The minimum absolute atomic E-state index is 0.133. The molecule has 0 saturated carbocycles. The Morgan fingerprint density at radius 2 is 0.471 bits per heavy atom. The molecular formula is C84H98N6O8S4. The molecule has 0 aliphatic carbocycles.